The number of H-pyrrole nitrogens is 1. The Morgan fingerprint density at radius 1 is 1.29 bits per heavy atom. The summed E-state index contributed by atoms with van der Waals surface area (Å²) in [5.74, 6) is 0. The molecule has 1 unspecified atom stereocenters. The molecule has 1 aliphatic heterocycles. The number of hydrogen-bond acceptors (Lipinski definition) is 5. The van der Waals surface area contributed by atoms with E-state index in [1.54, 1.807) is 11.3 Å². The zero-order chi connectivity index (χ0) is 14.1. The van der Waals surface area contributed by atoms with Gasteiger partial charge in [0.15, 0.2) is 0 Å². The molecular weight excluding hydrogens is 282 g/mol. The minimum atomic E-state index is 0.558. The van der Waals surface area contributed by atoms with E-state index in [0.717, 1.165) is 13.1 Å². The Morgan fingerprint density at radius 2 is 2.19 bits per heavy atom. The van der Waals surface area contributed by atoms with Gasteiger partial charge in [-0.2, -0.15) is 5.10 Å². The molecule has 2 aromatic rings. The van der Waals surface area contributed by atoms with Crippen LogP contribution in [0.5, 0.6) is 0 Å². The van der Waals surface area contributed by atoms with Crippen LogP contribution in [0.25, 0.3) is 0 Å². The van der Waals surface area contributed by atoms with Crippen molar-refractivity contribution in [2.75, 3.05) is 13.1 Å². The summed E-state index contributed by atoms with van der Waals surface area (Å²) in [7, 11) is 0. The number of aromatic amines is 1. The summed E-state index contributed by atoms with van der Waals surface area (Å²) in [5, 5.41) is 13.9. The molecule has 4 rings (SSSR count). The van der Waals surface area contributed by atoms with Crippen molar-refractivity contribution in [2.45, 2.75) is 38.4 Å². The van der Waals surface area contributed by atoms with E-state index in [9.17, 15) is 0 Å². The number of hydrogen-bond donors (Lipinski definition) is 2. The molecule has 2 aromatic heterocycles. The lowest BCUT2D eigenvalue weighted by atomic mass is 9.93. The summed E-state index contributed by atoms with van der Waals surface area (Å²) in [6, 6.07) is 2.78. The minimum Gasteiger partial charge on any atom is -0.317 e. The summed E-state index contributed by atoms with van der Waals surface area (Å²) in [6.07, 6.45) is 7.71. The average Bonchev–Trinajstić information content (AvgIpc) is 2.96. The van der Waals surface area contributed by atoms with Crippen molar-refractivity contribution in [3.8, 4) is 0 Å². The molecule has 0 radical (unpaired) electrons. The minimum absolute atomic E-state index is 0.558. The first-order chi connectivity index (χ1) is 10.4. The quantitative estimate of drug-likeness (QED) is 0.887. The monoisotopic (exact) mass is 303 g/mol. The van der Waals surface area contributed by atoms with Crippen molar-refractivity contribution in [1.29, 1.82) is 0 Å². The molecule has 2 fully saturated rings. The first-order valence-electron chi connectivity index (χ1n) is 7.67. The van der Waals surface area contributed by atoms with Crippen molar-refractivity contribution in [3.05, 3.63) is 34.5 Å². The Labute approximate surface area is 128 Å². The fourth-order valence-corrected chi connectivity index (χ4v) is 4.32. The van der Waals surface area contributed by atoms with Gasteiger partial charge in [-0.3, -0.25) is 10.00 Å². The second-order valence-corrected chi connectivity index (χ2v) is 7.22. The van der Waals surface area contributed by atoms with Crippen LogP contribution in [0.3, 0.4) is 0 Å². The van der Waals surface area contributed by atoms with Gasteiger partial charge in [-0.1, -0.05) is 0 Å². The SMILES string of the molecule is c1cc(CN(Cc2nccs2)C2CC23CCNCC3)[nH]n1. The molecule has 1 saturated carbocycles. The molecule has 1 aliphatic carbocycles. The molecule has 0 amide bonds. The fourth-order valence-electron chi connectivity index (χ4n) is 3.68. The molecule has 1 spiro atoms. The first kappa shape index (κ1) is 13.4. The average molecular weight is 303 g/mol. The summed E-state index contributed by atoms with van der Waals surface area (Å²) in [5.41, 5.74) is 1.75. The molecule has 2 N–H and O–H groups in total. The normalized spacial score (nSPS) is 23.8. The maximum atomic E-state index is 4.47. The third kappa shape index (κ3) is 2.75. The van der Waals surface area contributed by atoms with Crippen molar-refractivity contribution < 1.29 is 0 Å². The van der Waals surface area contributed by atoms with Crippen LogP contribution in [0.2, 0.25) is 0 Å². The highest BCUT2D eigenvalue weighted by atomic mass is 32.1. The Kier molecular flexibility index (Phi) is 3.52. The van der Waals surface area contributed by atoms with Crippen LogP contribution in [0, 0.1) is 5.41 Å². The van der Waals surface area contributed by atoms with E-state index >= 15 is 0 Å². The van der Waals surface area contributed by atoms with Crippen LogP contribution in [0.15, 0.2) is 23.8 Å². The van der Waals surface area contributed by atoms with Gasteiger partial charge in [-0.15, -0.1) is 11.3 Å². The van der Waals surface area contributed by atoms with E-state index < -0.39 is 0 Å². The molecule has 0 aromatic carbocycles. The van der Waals surface area contributed by atoms with Crippen LogP contribution in [0.4, 0.5) is 0 Å². The van der Waals surface area contributed by atoms with E-state index in [0.29, 0.717) is 11.5 Å². The van der Waals surface area contributed by atoms with Crippen LogP contribution in [-0.2, 0) is 13.1 Å². The maximum Gasteiger partial charge on any atom is 0.107 e. The number of thiazole rings is 1. The van der Waals surface area contributed by atoms with Gasteiger partial charge in [0, 0.05) is 36.1 Å². The molecule has 2 aliphatic rings. The van der Waals surface area contributed by atoms with Crippen molar-refractivity contribution >= 4 is 11.3 Å². The van der Waals surface area contributed by atoms with Crippen LogP contribution < -0.4 is 5.32 Å². The van der Waals surface area contributed by atoms with Crippen molar-refractivity contribution in [3.63, 3.8) is 0 Å². The van der Waals surface area contributed by atoms with E-state index in [-0.39, 0.29) is 0 Å². The lowest BCUT2D eigenvalue weighted by Gasteiger charge is -2.28. The molecule has 0 bridgehead atoms. The predicted octanol–water partition coefficient (Wildman–Crippen LogP) is 2.01. The highest BCUT2D eigenvalue weighted by Crippen LogP contribution is 2.56. The smallest absolute Gasteiger partial charge is 0.107 e. The van der Waals surface area contributed by atoms with E-state index in [4.69, 9.17) is 0 Å². The Bertz CT molecular complexity index is 523. The van der Waals surface area contributed by atoms with Crippen molar-refractivity contribution in [2.24, 2.45) is 5.41 Å². The molecular formula is C15H21N5S. The number of aromatic nitrogens is 3. The van der Waals surface area contributed by atoms with Gasteiger partial charge in [0.05, 0.1) is 6.54 Å². The maximum absolute atomic E-state index is 4.47. The lowest BCUT2D eigenvalue weighted by Crippen LogP contribution is -2.35. The summed E-state index contributed by atoms with van der Waals surface area (Å²) in [6.45, 7) is 4.24. The second-order valence-electron chi connectivity index (χ2n) is 6.24. The van der Waals surface area contributed by atoms with Crippen LogP contribution >= 0.6 is 11.3 Å². The van der Waals surface area contributed by atoms with Crippen LogP contribution in [-0.4, -0.2) is 39.2 Å². The zero-order valence-electron chi connectivity index (χ0n) is 12.1. The van der Waals surface area contributed by atoms with Gasteiger partial charge in [0.2, 0.25) is 0 Å². The topological polar surface area (TPSA) is 56.8 Å². The molecule has 1 atom stereocenters. The van der Waals surface area contributed by atoms with Gasteiger partial charge >= 0.3 is 0 Å². The van der Waals surface area contributed by atoms with Gasteiger partial charge in [-0.05, 0) is 43.8 Å². The zero-order valence-corrected chi connectivity index (χ0v) is 12.9. The summed E-state index contributed by atoms with van der Waals surface area (Å²) in [4.78, 5) is 7.06. The van der Waals surface area contributed by atoms with Gasteiger partial charge < -0.3 is 5.32 Å². The number of rotatable bonds is 5. The Hall–Kier alpha value is -1.24. The third-order valence-corrected chi connectivity index (χ3v) is 5.70. The van der Waals surface area contributed by atoms with E-state index in [1.807, 2.05) is 12.4 Å². The van der Waals surface area contributed by atoms with Gasteiger partial charge in [0.1, 0.15) is 5.01 Å². The van der Waals surface area contributed by atoms with E-state index in [1.165, 1.54) is 43.1 Å². The number of nitrogens with one attached hydrogen (secondary N) is 2. The fraction of sp³-hybridized carbons (Fsp3) is 0.600. The molecule has 3 heterocycles. The van der Waals surface area contributed by atoms with Gasteiger partial charge in [0.25, 0.3) is 0 Å². The Morgan fingerprint density at radius 3 is 2.90 bits per heavy atom. The predicted molar refractivity (Wildman–Crippen MR) is 82.9 cm³/mol. The lowest BCUT2D eigenvalue weighted by molar-refractivity contribution is 0.186. The second kappa shape index (κ2) is 5.51. The van der Waals surface area contributed by atoms with Crippen LogP contribution in [0.1, 0.15) is 30.0 Å². The number of nitrogens with zero attached hydrogens (tertiary/aromatic N) is 3. The molecule has 1 saturated heterocycles. The largest absolute Gasteiger partial charge is 0.317 e. The molecule has 5 nitrogen and oxygen atoms in total. The van der Waals surface area contributed by atoms with E-state index in [2.05, 4.69) is 36.8 Å². The molecule has 21 heavy (non-hydrogen) atoms. The highest BCUT2D eigenvalue weighted by molar-refractivity contribution is 7.09. The van der Waals surface area contributed by atoms with Gasteiger partial charge in [-0.25, -0.2) is 4.98 Å². The Balaban J connectivity index is 1.50. The molecule has 112 valence electrons. The third-order valence-electron chi connectivity index (χ3n) is 4.94. The standard InChI is InChI=1S/C15H21N5S/c1-4-18-19-12(1)10-20(11-14-17-7-8-21-14)13-9-15(13)2-5-16-6-3-15/h1,4,7-8,13,16H,2-3,5-6,9-11H2,(H,18,19). The first-order valence-corrected chi connectivity index (χ1v) is 8.55. The highest BCUT2D eigenvalue weighted by Gasteiger charge is 2.56. The number of piperidine rings is 1. The summed E-state index contributed by atoms with van der Waals surface area (Å²) >= 11 is 1.75. The summed E-state index contributed by atoms with van der Waals surface area (Å²) < 4.78 is 0. The molecule has 6 heteroatoms. The van der Waals surface area contributed by atoms with Crippen molar-refractivity contribution in [1.82, 2.24) is 25.4 Å².